The molecule has 0 spiro atoms. The van der Waals surface area contributed by atoms with Crippen molar-refractivity contribution in [3.8, 4) is 0 Å². The van der Waals surface area contributed by atoms with Gasteiger partial charge in [0.2, 0.25) is 0 Å². The van der Waals surface area contributed by atoms with Gasteiger partial charge in [-0.3, -0.25) is 0 Å². The summed E-state index contributed by atoms with van der Waals surface area (Å²) in [6, 6.07) is 79.1. The summed E-state index contributed by atoms with van der Waals surface area (Å²) in [4.78, 5) is 6.95. The molecule has 0 radical (unpaired) electrons. The number of aryl methyl sites for hydroxylation is 5. The fourth-order valence-electron chi connectivity index (χ4n) is 8.32. The van der Waals surface area contributed by atoms with Crippen LogP contribution < -0.4 is 14.7 Å². The summed E-state index contributed by atoms with van der Waals surface area (Å²) in [6.45, 7) is 10.7. The zero-order chi connectivity index (χ0) is 46.1. The number of nitrogens with zero attached hydrogens (tertiary/aromatic N) is 3. The van der Waals surface area contributed by atoms with Crippen molar-refractivity contribution in [1.82, 2.24) is 0 Å². The quantitative estimate of drug-likeness (QED) is 0.101. The maximum Gasteiger partial charge on any atom is 0.0462 e. The van der Waals surface area contributed by atoms with Gasteiger partial charge in [0.15, 0.2) is 0 Å². The van der Waals surface area contributed by atoms with Crippen LogP contribution in [-0.2, 0) is 6.42 Å². The largest absolute Gasteiger partial charge is 0.311 e. The Morgan fingerprint density at radius 2 is 0.403 bits per heavy atom. The Morgan fingerprint density at radius 3 is 0.582 bits per heavy atom. The number of anilines is 9. The molecule has 0 aliphatic carbocycles. The molecule has 0 aliphatic rings. The van der Waals surface area contributed by atoms with Gasteiger partial charge in [0.25, 0.3) is 0 Å². The van der Waals surface area contributed by atoms with Crippen LogP contribution in [-0.4, -0.2) is 0 Å². The first-order valence-corrected chi connectivity index (χ1v) is 23.3. The van der Waals surface area contributed by atoms with Gasteiger partial charge in [-0.1, -0.05) is 163 Å². The number of hydrogen-bond acceptors (Lipinski definition) is 3. The lowest BCUT2D eigenvalue weighted by Crippen LogP contribution is -2.10. The van der Waals surface area contributed by atoms with Crippen molar-refractivity contribution in [2.75, 3.05) is 14.7 Å². The molecule has 0 atom stereocenters. The minimum absolute atomic E-state index is 1.00. The van der Waals surface area contributed by atoms with E-state index in [2.05, 4.69) is 292 Å². The molecule has 9 rings (SSSR count). The molecule has 0 aromatic heterocycles. The highest BCUT2D eigenvalue weighted by molar-refractivity contribution is 5.82. The predicted octanol–water partition coefficient (Wildman–Crippen LogP) is 18.2. The minimum atomic E-state index is 1.00. The lowest BCUT2D eigenvalue weighted by Gasteiger charge is -2.26. The average molecular weight is 868 g/mol. The molecule has 0 aliphatic heterocycles. The minimum Gasteiger partial charge on any atom is -0.311 e. The standard InChI is InChI=1S/C64H57N3/c1-6-51-19-37-60(38-20-51)67(63-43-25-54(26-44-63)17-15-52-21-39-61(40-22-52)65(56-29-7-47(2)8-30-56)57-31-9-48(3)10-32-57)64-45-27-55(28-46-64)18-16-53-23-41-62(42-24-53)66(58-33-11-49(4)12-34-58)59-35-13-50(5)14-36-59/h7-46H,6H2,1-5H3/b17-15+,18-16+. The van der Waals surface area contributed by atoms with E-state index in [1.807, 2.05) is 0 Å². The van der Waals surface area contributed by atoms with Crippen LogP contribution in [0, 0.1) is 27.7 Å². The summed E-state index contributed by atoms with van der Waals surface area (Å²) in [5.41, 5.74) is 21.0. The third-order valence-corrected chi connectivity index (χ3v) is 12.3. The zero-order valence-corrected chi connectivity index (χ0v) is 39.1. The van der Waals surface area contributed by atoms with Crippen molar-refractivity contribution in [1.29, 1.82) is 0 Å². The molecule has 0 saturated heterocycles. The maximum atomic E-state index is 2.33. The SMILES string of the molecule is CCc1ccc(N(c2ccc(/C=C/c3ccc(N(c4ccc(C)cc4)c4ccc(C)cc4)cc3)cc2)c2ccc(/C=C/c3ccc(N(c4ccc(C)cc4)c4ccc(C)cc4)cc3)cc2)cc1. The Morgan fingerprint density at radius 1 is 0.239 bits per heavy atom. The molecule has 9 aromatic carbocycles. The molecule has 3 nitrogen and oxygen atoms in total. The zero-order valence-electron chi connectivity index (χ0n) is 39.1. The van der Waals surface area contributed by atoms with E-state index in [0.717, 1.165) is 79.9 Å². The summed E-state index contributed by atoms with van der Waals surface area (Å²) in [5.74, 6) is 0. The Kier molecular flexibility index (Phi) is 13.4. The van der Waals surface area contributed by atoms with E-state index in [1.54, 1.807) is 0 Å². The molecule has 0 N–H and O–H groups in total. The van der Waals surface area contributed by atoms with E-state index in [0.29, 0.717) is 0 Å². The van der Waals surface area contributed by atoms with E-state index in [4.69, 9.17) is 0 Å². The van der Waals surface area contributed by atoms with Crippen molar-refractivity contribution < 1.29 is 0 Å². The Balaban J connectivity index is 0.913. The maximum absolute atomic E-state index is 2.33. The van der Waals surface area contributed by atoms with E-state index < -0.39 is 0 Å². The topological polar surface area (TPSA) is 9.72 Å². The first-order chi connectivity index (χ1) is 32.8. The highest BCUT2D eigenvalue weighted by Gasteiger charge is 2.15. The number of benzene rings is 9. The van der Waals surface area contributed by atoms with Gasteiger partial charge in [-0.2, -0.15) is 0 Å². The summed E-state index contributed by atoms with van der Waals surface area (Å²) < 4.78 is 0. The number of hydrogen-bond donors (Lipinski definition) is 0. The van der Waals surface area contributed by atoms with Crippen LogP contribution in [0.3, 0.4) is 0 Å². The van der Waals surface area contributed by atoms with Crippen molar-refractivity contribution >= 4 is 75.5 Å². The van der Waals surface area contributed by atoms with Crippen LogP contribution in [0.15, 0.2) is 218 Å². The van der Waals surface area contributed by atoms with Crippen LogP contribution in [0.1, 0.15) is 57.0 Å². The highest BCUT2D eigenvalue weighted by atomic mass is 15.2. The van der Waals surface area contributed by atoms with Gasteiger partial charge in [-0.05, 0) is 171 Å². The van der Waals surface area contributed by atoms with Crippen LogP contribution in [0.25, 0.3) is 24.3 Å². The van der Waals surface area contributed by atoms with Gasteiger partial charge in [-0.15, -0.1) is 0 Å². The second-order valence-electron chi connectivity index (χ2n) is 17.4. The van der Waals surface area contributed by atoms with Crippen LogP contribution in [0.5, 0.6) is 0 Å². The van der Waals surface area contributed by atoms with Crippen molar-refractivity contribution in [2.45, 2.75) is 41.0 Å². The molecule has 3 heteroatoms. The summed E-state index contributed by atoms with van der Waals surface area (Å²) in [5, 5.41) is 0. The third-order valence-electron chi connectivity index (χ3n) is 12.3. The van der Waals surface area contributed by atoms with Crippen molar-refractivity contribution in [3.63, 3.8) is 0 Å². The smallest absolute Gasteiger partial charge is 0.0462 e. The molecule has 67 heavy (non-hydrogen) atoms. The van der Waals surface area contributed by atoms with Gasteiger partial charge < -0.3 is 14.7 Å². The predicted molar refractivity (Wildman–Crippen MR) is 290 cm³/mol. The highest BCUT2D eigenvalue weighted by Crippen LogP contribution is 2.38. The van der Waals surface area contributed by atoms with Crippen molar-refractivity contribution in [3.05, 3.63) is 268 Å². The molecular weight excluding hydrogens is 811 g/mol. The van der Waals surface area contributed by atoms with E-state index in [1.165, 1.54) is 27.8 Å². The third kappa shape index (κ3) is 10.7. The van der Waals surface area contributed by atoms with Gasteiger partial charge in [0.05, 0.1) is 0 Å². The molecule has 0 fully saturated rings. The monoisotopic (exact) mass is 867 g/mol. The molecule has 9 aromatic rings. The molecule has 0 unspecified atom stereocenters. The van der Waals surface area contributed by atoms with Crippen LogP contribution >= 0.6 is 0 Å². The summed E-state index contributed by atoms with van der Waals surface area (Å²) >= 11 is 0. The average Bonchev–Trinajstić information content (AvgIpc) is 3.37. The van der Waals surface area contributed by atoms with E-state index in [-0.39, 0.29) is 0 Å². The molecular formula is C64H57N3. The van der Waals surface area contributed by atoms with Gasteiger partial charge in [0, 0.05) is 51.2 Å². The van der Waals surface area contributed by atoms with E-state index in [9.17, 15) is 0 Å². The van der Waals surface area contributed by atoms with Crippen LogP contribution in [0.2, 0.25) is 0 Å². The molecule has 0 saturated carbocycles. The fraction of sp³-hybridized carbons (Fsp3) is 0.0938. The van der Waals surface area contributed by atoms with E-state index >= 15 is 0 Å². The summed E-state index contributed by atoms with van der Waals surface area (Å²) in [7, 11) is 0. The normalized spacial score (nSPS) is 11.3. The Bertz CT molecular complexity index is 2770. The first kappa shape index (κ1) is 44.1. The fourth-order valence-corrected chi connectivity index (χ4v) is 8.32. The van der Waals surface area contributed by atoms with Crippen LogP contribution in [0.4, 0.5) is 51.2 Å². The lowest BCUT2D eigenvalue weighted by atomic mass is 10.1. The number of rotatable bonds is 14. The van der Waals surface area contributed by atoms with Crippen molar-refractivity contribution in [2.24, 2.45) is 0 Å². The van der Waals surface area contributed by atoms with Gasteiger partial charge in [0.1, 0.15) is 0 Å². The second kappa shape index (κ2) is 20.4. The molecule has 0 heterocycles. The van der Waals surface area contributed by atoms with Gasteiger partial charge in [-0.25, -0.2) is 0 Å². The molecule has 328 valence electrons. The Hall–Kier alpha value is -8.14. The first-order valence-electron chi connectivity index (χ1n) is 23.3. The second-order valence-corrected chi connectivity index (χ2v) is 17.4. The summed E-state index contributed by atoms with van der Waals surface area (Å²) in [6.07, 6.45) is 9.76. The van der Waals surface area contributed by atoms with Gasteiger partial charge >= 0.3 is 0 Å². The lowest BCUT2D eigenvalue weighted by molar-refractivity contribution is 1.14. The molecule has 0 amide bonds. The Labute approximate surface area is 397 Å². The molecule has 0 bridgehead atoms.